The lowest BCUT2D eigenvalue weighted by molar-refractivity contribution is 0.0568. The smallest absolute Gasteiger partial charge is 0.190 e. The molecule has 1 saturated heterocycles. The molecule has 0 saturated carbocycles. The van der Waals surface area contributed by atoms with Gasteiger partial charge in [0, 0.05) is 6.42 Å². The molecule has 0 aromatic rings. The van der Waals surface area contributed by atoms with E-state index in [0.29, 0.717) is 6.10 Å². The predicted octanol–water partition coefficient (Wildman–Crippen LogP) is 4.32. The molecule has 1 heterocycles. The van der Waals surface area contributed by atoms with Crippen LogP contribution in [0.2, 0.25) is 0 Å². The van der Waals surface area contributed by atoms with Crippen molar-refractivity contribution in [3.05, 3.63) is 6.10 Å². The van der Waals surface area contributed by atoms with Gasteiger partial charge in [0.05, 0.1) is 0 Å². The largest absolute Gasteiger partial charge is 0.246 e. The van der Waals surface area contributed by atoms with Crippen molar-refractivity contribution >= 4 is 0 Å². The molecule has 1 fully saturated rings. The fourth-order valence-electron chi connectivity index (χ4n) is 1.99. The maximum absolute atomic E-state index is 5.99. The van der Waals surface area contributed by atoms with Gasteiger partial charge in [-0.2, -0.15) is 4.74 Å². The summed E-state index contributed by atoms with van der Waals surface area (Å²) in [6, 6.07) is 0. The zero-order chi connectivity index (χ0) is 10.6. The maximum atomic E-state index is 5.99. The zero-order valence-corrected chi connectivity index (χ0v) is 10.2. The van der Waals surface area contributed by atoms with Gasteiger partial charge in [0.2, 0.25) is 6.10 Å². The van der Waals surface area contributed by atoms with Gasteiger partial charge in [-0.1, -0.05) is 26.2 Å². The predicted molar refractivity (Wildman–Crippen MR) is 60.9 cm³/mol. The summed E-state index contributed by atoms with van der Waals surface area (Å²) in [5.41, 5.74) is 0.250. The minimum Gasteiger partial charge on any atom is -0.190 e. The monoisotopic (exact) mass is 197 g/mol. The summed E-state index contributed by atoms with van der Waals surface area (Å²) >= 11 is 0. The maximum Gasteiger partial charge on any atom is 0.246 e. The van der Waals surface area contributed by atoms with Crippen molar-refractivity contribution in [2.24, 2.45) is 5.41 Å². The number of hydrogen-bond acceptors (Lipinski definition) is 1. The van der Waals surface area contributed by atoms with Crippen LogP contribution < -0.4 is 0 Å². The van der Waals surface area contributed by atoms with Crippen molar-refractivity contribution in [3.63, 3.8) is 0 Å². The third-order valence-corrected chi connectivity index (χ3v) is 2.97. The van der Waals surface area contributed by atoms with Crippen LogP contribution >= 0.6 is 0 Å². The van der Waals surface area contributed by atoms with Gasteiger partial charge in [0.25, 0.3) is 0 Å². The van der Waals surface area contributed by atoms with Gasteiger partial charge < -0.3 is 0 Å². The Bertz CT molecular complexity index is 157. The lowest BCUT2D eigenvalue weighted by Crippen LogP contribution is -2.18. The third kappa shape index (κ3) is 3.53. The summed E-state index contributed by atoms with van der Waals surface area (Å²) in [5.74, 6) is 0. The van der Waals surface area contributed by atoms with Crippen molar-refractivity contribution in [3.8, 4) is 0 Å². The van der Waals surface area contributed by atoms with E-state index in [4.69, 9.17) is 4.74 Å². The van der Waals surface area contributed by atoms with Crippen molar-refractivity contribution in [1.29, 1.82) is 0 Å². The summed E-state index contributed by atoms with van der Waals surface area (Å²) in [6.45, 7) is 8.99. The minimum atomic E-state index is 0.250. The van der Waals surface area contributed by atoms with Crippen LogP contribution in [0.5, 0.6) is 0 Å². The Morgan fingerprint density at radius 3 is 2.50 bits per heavy atom. The first-order chi connectivity index (χ1) is 6.54. The van der Waals surface area contributed by atoms with E-state index in [1.165, 1.54) is 44.6 Å². The fourth-order valence-corrected chi connectivity index (χ4v) is 1.99. The lowest BCUT2D eigenvalue weighted by Gasteiger charge is -2.14. The van der Waals surface area contributed by atoms with Gasteiger partial charge in [-0.05, 0) is 27.2 Å². The first-order valence-electron chi connectivity index (χ1n) is 6.07. The molecule has 0 radical (unpaired) electrons. The molecule has 1 aliphatic rings. The van der Waals surface area contributed by atoms with Crippen molar-refractivity contribution in [2.45, 2.75) is 72.3 Å². The quantitative estimate of drug-likeness (QED) is 0.481. The lowest BCUT2D eigenvalue weighted by atomic mass is 9.87. The van der Waals surface area contributed by atoms with Gasteiger partial charge in [0.15, 0.2) is 0 Å². The van der Waals surface area contributed by atoms with Gasteiger partial charge in [0.1, 0.15) is 17.9 Å². The standard InChI is InChI=1S/C13H25O/c1-5-6-7-8-11-9-10-12(14-11)13(2,3)4/h11H,5-10H2,1-4H3/q+1. The van der Waals surface area contributed by atoms with Crippen LogP contribution in [0.25, 0.3) is 0 Å². The Labute approximate surface area is 89.2 Å². The van der Waals surface area contributed by atoms with Crippen LogP contribution in [0.3, 0.4) is 0 Å². The second kappa shape index (κ2) is 5.06. The zero-order valence-electron chi connectivity index (χ0n) is 10.2. The molecule has 0 aromatic carbocycles. The molecule has 0 aromatic heterocycles. The molecule has 1 rings (SSSR count). The molecule has 1 aliphatic heterocycles. The Kier molecular flexibility index (Phi) is 4.31. The Hall–Kier alpha value is -0.170. The summed E-state index contributed by atoms with van der Waals surface area (Å²) in [7, 11) is 0. The molecule has 0 spiro atoms. The van der Waals surface area contributed by atoms with Gasteiger partial charge in [-0.3, -0.25) is 0 Å². The molecular weight excluding hydrogens is 172 g/mol. The molecule has 0 N–H and O–H groups in total. The average molecular weight is 197 g/mol. The van der Waals surface area contributed by atoms with Crippen LogP contribution in [0, 0.1) is 11.5 Å². The van der Waals surface area contributed by atoms with Crippen molar-refractivity contribution in [1.82, 2.24) is 0 Å². The minimum absolute atomic E-state index is 0.250. The SMILES string of the molecule is CCCCCC1CC[C+](C(C)(C)C)O1. The highest BCUT2D eigenvalue weighted by molar-refractivity contribution is 4.97. The third-order valence-electron chi connectivity index (χ3n) is 2.97. The second-order valence-electron chi connectivity index (χ2n) is 5.45. The Balaban J connectivity index is 2.21. The highest BCUT2D eigenvalue weighted by atomic mass is 16.5. The molecule has 82 valence electrons. The summed E-state index contributed by atoms with van der Waals surface area (Å²) < 4.78 is 5.99. The highest BCUT2D eigenvalue weighted by Gasteiger charge is 2.45. The van der Waals surface area contributed by atoms with Crippen LogP contribution in [-0.4, -0.2) is 6.10 Å². The van der Waals surface area contributed by atoms with Crippen molar-refractivity contribution in [2.75, 3.05) is 0 Å². The average Bonchev–Trinajstić information content (AvgIpc) is 2.52. The van der Waals surface area contributed by atoms with Crippen molar-refractivity contribution < 1.29 is 4.74 Å². The molecule has 0 aliphatic carbocycles. The molecule has 1 nitrogen and oxygen atoms in total. The van der Waals surface area contributed by atoms with E-state index < -0.39 is 0 Å². The Morgan fingerprint density at radius 2 is 2.00 bits per heavy atom. The van der Waals surface area contributed by atoms with Crippen LogP contribution in [0.1, 0.15) is 66.2 Å². The van der Waals surface area contributed by atoms with E-state index >= 15 is 0 Å². The van der Waals surface area contributed by atoms with Gasteiger partial charge in [-0.25, -0.2) is 0 Å². The first kappa shape index (κ1) is 11.9. The Morgan fingerprint density at radius 1 is 1.29 bits per heavy atom. The number of rotatable bonds is 4. The molecule has 14 heavy (non-hydrogen) atoms. The molecule has 1 atom stereocenters. The first-order valence-corrected chi connectivity index (χ1v) is 6.07. The molecule has 0 bridgehead atoms. The second-order valence-corrected chi connectivity index (χ2v) is 5.45. The normalized spacial score (nSPS) is 23.1. The summed E-state index contributed by atoms with van der Waals surface area (Å²) in [5, 5.41) is 0. The van der Waals surface area contributed by atoms with Crippen LogP contribution in [0.15, 0.2) is 0 Å². The van der Waals surface area contributed by atoms with Crippen LogP contribution in [0.4, 0.5) is 0 Å². The molecule has 1 unspecified atom stereocenters. The van der Waals surface area contributed by atoms with E-state index in [2.05, 4.69) is 27.7 Å². The number of ether oxygens (including phenoxy) is 1. The number of unbranched alkanes of at least 4 members (excludes halogenated alkanes) is 2. The molecule has 0 amide bonds. The highest BCUT2D eigenvalue weighted by Crippen LogP contribution is 2.40. The van der Waals surface area contributed by atoms with Gasteiger partial charge >= 0.3 is 0 Å². The summed E-state index contributed by atoms with van der Waals surface area (Å²) in [4.78, 5) is 0. The molecular formula is C13H25O+. The van der Waals surface area contributed by atoms with E-state index in [0.717, 1.165) is 0 Å². The van der Waals surface area contributed by atoms with E-state index in [1.807, 2.05) is 0 Å². The van der Waals surface area contributed by atoms with E-state index in [9.17, 15) is 0 Å². The van der Waals surface area contributed by atoms with Gasteiger partial charge in [-0.15, -0.1) is 0 Å². The van der Waals surface area contributed by atoms with E-state index in [1.54, 1.807) is 0 Å². The number of hydrogen-bond donors (Lipinski definition) is 0. The fraction of sp³-hybridized carbons (Fsp3) is 0.923. The van der Waals surface area contributed by atoms with Crippen LogP contribution in [-0.2, 0) is 4.74 Å². The summed E-state index contributed by atoms with van der Waals surface area (Å²) in [6.07, 6.45) is 9.52. The van der Waals surface area contributed by atoms with E-state index in [-0.39, 0.29) is 5.41 Å². The topological polar surface area (TPSA) is 9.23 Å². The molecule has 1 heteroatoms.